The lowest BCUT2D eigenvalue weighted by Crippen LogP contribution is -2.25. The third-order valence-corrected chi connectivity index (χ3v) is 4.17. The van der Waals surface area contributed by atoms with Gasteiger partial charge in [0.15, 0.2) is 0 Å². The summed E-state index contributed by atoms with van der Waals surface area (Å²) in [7, 11) is 0. The molecule has 1 aliphatic heterocycles. The summed E-state index contributed by atoms with van der Waals surface area (Å²) in [4.78, 5) is 14.0. The number of hydrogen-bond acceptors (Lipinski definition) is 3. The predicted molar refractivity (Wildman–Crippen MR) is 83.0 cm³/mol. The Morgan fingerprint density at radius 3 is 2.65 bits per heavy atom. The van der Waals surface area contributed by atoms with E-state index in [1.807, 2.05) is 32.0 Å². The zero-order valence-electron chi connectivity index (χ0n) is 11.9. The molecule has 0 N–H and O–H groups in total. The minimum atomic E-state index is 0.143. The van der Waals surface area contributed by atoms with E-state index >= 15 is 0 Å². The molecule has 4 nitrogen and oxygen atoms in total. The fourth-order valence-electron chi connectivity index (χ4n) is 2.36. The van der Waals surface area contributed by atoms with Crippen molar-refractivity contribution >= 4 is 27.5 Å². The first-order chi connectivity index (χ1) is 9.69. The Bertz CT molecular complexity index is 478. The van der Waals surface area contributed by atoms with Gasteiger partial charge in [-0.2, -0.15) is 0 Å². The quantitative estimate of drug-likeness (QED) is 0.745. The molecule has 0 aliphatic carbocycles. The van der Waals surface area contributed by atoms with Crippen LogP contribution in [0.1, 0.15) is 20.3 Å². The van der Waals surface area contributed by atoms with E-state index in [0.29, 0.717) is 25.6 Å². The average Bonchev–Trinajstić information content (AvgIpc) is 2.82. The molecule has 0 aromatic heterocycles. The van der Waals surface area contributed by atoms with Crippen LogP contribution in [0, 0.1) is 5.92 Å². The molecule has 1 saturated heterocycles. The average molecular weight is 342 g/mol. The number of carbonyl (C=O) groups is 1. The first-order valence-corrected chi connectivity index (χ1v) is 8.07. The number of anilines is 1. The van der Waals surface area contributed by atoms with Crippen molar-refractivity contribution in [2.75, 3.05) is 30.0 Å². The molecule has 20 heavy (non-hydrogen) atoms. The van der Waals surface area contributed by atoms with Crippen molar-refractivity contribution in [2.45, 2.75) is 20.3 Å². The van der Waals surface area contributed by atoms with Crippen LogP contribution in [0.3, 0.4) is 0 Å². The number of nitrogens with zero attached hydrogens (tertiary/aromatic N) is 1. The van der Waals surface area contributed by atoms with Crippen LogP contribution < -0.4 is 14.4 Å². The summed E-state index contributed by atoms with van der Waals surface area (Å²) in [6, 6.07) is 5.64. The molecule has 0 spiro atoms. The number of carbonyl (C=O) groups excluding carboxylic acids is 1. The smallest absolute Gasteiger partial charge is 0.227 e. The fraction of sp³-hybridized carbons (Fsp3) is 0.533. The van der Waals surface area contributed by atoms with Crippen LogP contribution in [-0.2, 0) is 4.79 Å². The Morgan fingerprint density at radius 2 is 2.05 bits per heavy atom. The lowest BCUT2D eigenvalue weighted by atomic mass is 10.2. The molecule has 1 fully saturated rings. The number of halogens is 1. The highest BCUT2D eigenvalue weighted by Crippen LogP contribution is 2.36. The Labute approximate surface area is 128 Å². The summed E-state index contributed by atoms with van der Waals surface area (Å²) in [5.74, 6) is 2.00. The lowest BCUT2D eigenvalue weighted by molar-refractivity contribution is -0.117. The maximum Gasteiger partial charge on any atom is 0.227 e. The summed E-state index contributed by atoms with van der Waals surface area (Å²) < 4.78 is 11.2. The van der Waals surface area contributed by atoms with Crippen LogP contribution >= 0.6 is 15.9 Å². The monoisotopic (exact) mass is 341 g/mol. The molecule has 1 aliphatic rings. The van der Waals surface area contributed by atoms with Gasteiger partial charge >= 0.3 is 0 Å². The summed E-state index contributed by atoms with van der Waals surface area (Å²) in [6.07, 6.45) is 0.579. The Kier molecular flexibility index (Phi) is 5.29. The second-order valence-corrected chi connectivity index (χ2v) is 5.37. The van der Waals surface area contributed by atoms with Crippen LogP contribution in [0.4, 0.5) is 5.69 Å². The van der Waals surface area contributed by atoms with E-state index in [2.05, 4.69) is 15.9 Å². The molecule has 1 aromatic carbocycles. The van der Waals surface area contributed by atoms with Gasteiger partial charge in [-0.25, -0.2) is 0 Å². The molecule has 0 bridgehead atoms. The third kappa shape index (κ3) is 3.26. The highest BCUT2D eigenvalue weighted by atomic mass is 79.9. The number of alkyl halides is 1. The van der Waals surface area contributed by atoms with Gasteiger partial charge in [-0.1, -0.05) is 15.9 Å². The summed E-state index contributed by atoms with van der Waals surface area (Å²) in [6.45, 7) is 5.78. The molecule has 0 radical (unpaired) electrons. The highest BCUT2D eigenvalue weighted by Gasteiger charge is 2.31. The van der Waals surface area contributed by atoms with Gasteiger partial charge in [-0.15, -0.1) is 0 Å². The zero-order valence-corrected chi connectivity index (χ0v) is 13.5. The van der Waals surface area contributed by atoms with Crippen molar-refractivity contribution in [1.29, 1.82) is 0 Å². The minimum absolute atomic E-state index is 0.143. The van der Waals surface area contributed by atoms with Crippen LogP contribution in [0.15, 0.2) is 18.2 Å². The number of amides is 1. The normalized spacial score (nSPS) is 18.4. The first-order valence-electron chi connectivity index (χ1n) is 6.95. The van der Waals surface area contributed by atoms with Crippen molar-refractivity contribution in [3.8, 4) is 11.5 Å². The maximum atomic E-state index is 12.2. The van der Waals surface area contributed by atoms with E-state index in [1.165, 1.54) is 0 Å². The predicted octanol–water partition coefficient (Wildman–Crippen LogP) is 3.23. The second kappa shape index (κ2) is 6.97. The van der Waals surface area contributed by atoms with Crippen LogP contribution in [0.5, 0.6) is 11.5 Å². The van der Waals surface area contributed by atoms with E-state index < -0.39 is 0 Å². The molecule has 1 unspecified atom stereocenters. The SMILES string of the molecule is CCOc1ccc(OCC)c(N2CC(CBr)CC2=O)c1. The molecular weight excluding hydrogens is 322 g/mol. The van der Waals surface area contributed by atoms with Crippen LogP contribution in [-0.4, -0.2) is 31.0 Å². The largest absolute Gasteiger partial charge is 0.494 e. The highest BCUT2D eigenvalue weighted by molar-refractivity contribution is 9.09. The second-order valence-electron chi connectivity index (χ2n) is 4.72. The molecule has 1 aromatic rings. The van der Waals surface area contributed by atoms with Gasteiger partial charge in [0.05, 0.1) is 18.9 Å². The Hall–Kier alpha value is -1.23. The van der Waals surface area contributed by atoms with E-state index in [1.54, 1.807) is 4.90 Å². The molecule has 1 atom stereocenters. The van der Waals surface area contributed by atoms with Crippen molar-refractivity contribution in [3.63, 3.8) is 0 Å². The lowest BCUT2D eigenvalue weighted by Gasteiger charge is -2.21. The fourth-order valence-corrected chi connectivity index (χ4v) is 2.79. The Morgan fingerprint density at radius 1 is 1.30 bits per heavy atom. The van der Waals surface area contributed by atoms with Gasteiger partial charge in [0.1, 0.15) is 11.5 Å². The van der Waals surface area contributed by atoms with E-state index in [-0.39, 0.29) is 5.91 Å². The van der Waals surface area contributed by atoms with E-state index in [0.717, 1.165) is 29.1 Å². The molecule has 110 valence electrons. The molecular formula is C15H20BrNO3. The van der Waals surface area contributed by atoms with Gasteiger partial charge in [0.25, 0.3) is 0 Å². The van der Waals surface area contributed by atoms with Crippen molar-refractivity contribution in [2.24, 2.45) is 5.92 Å². The van der Waals surface area contributed by atoms with Gasteiger partial charge in [-0.05, 0) is 31.9 Å². The van der Waals surface area contributed by atoms with Crippen molar-refractivity contribution in [3.05, 3.63) is 18.2 Å². The van der Waals surface area contributed by atoms with E-state index in [9.17, 15) is 4.79 Å². The number of hydrogen-bond donors (Lipinski definition) is 0. The number of ether oxygens (including phenoxy) is 2. The maximum absolute atomic E-state index is 12.2. The van der Waals surface area contributed by atoms with Crippen molar-refractivity contribution in [1.82, 2.24) is 0 Å². The first kappa shape index (κ1) is 15.2. The molecule has 1 heterocycles. The third-order valence-electron chi connectivity index (χ3n) is 3.26. The van der Waals surface area contributed by atoms with Crippen LogP contribution in [0.2, 0.25) is 0 Å². The number of benzene rings is 1. The van der Waals surface area contributed by atoms with Gasteiger partial charge < -0.3 is 14.4 Å². The standard InChI is InChI=1S/C15H20BrNO3/c1-3-19-12-5-6-14(20-4-2)13(8-12)17-10-11(9-16)7-15(17)18/h5-6,8,11H,3-4,7,9-10H2,1-2H3. The zero-order chi connectivity index (χ0) is 14.5. The van der Waals surface area contributed by atoms with E-state index in [4.69, 9.17) is 9.47 Å². The van der Waals surface area contributed by atoms with Gasteiger partial charge in [0.2, 0.25) is 5.91 Å². The Balaban J connectivity index is 2.31. The minimum Gasteiger partial charge on any atom is -0.494 e. The summed E-state index contributed by atoms with van der Waals surface area (Å²) in [5.41, 5.74) is 0.811. The molecule has 2 rings (SSSR count). The molecule has 0 saturated carbocycles. The number of rotatable bonds is 6. The topological polar surface area (TPSA) is 38.8 Å². The van der Waals surface area contributed by atoms with Gasteiger partial charge in [0, 0.05) is 24.4 Å². The summed E-state index contributed by atoms with van der Waals surface area (Å²) >= 11 is 3.46. The van der Waals surface area contributed by atoms with Crippen LogP contribution in [0.25, 0.3) is 0 Å². The summed E-state index contributed by atoms with van der Waals surface area (Å²) in [5, 5.41) is 0.838. The van der Waals surface area contributed by atoms with Gasteiger partial charge in [-0.3, -0.25) is 4.79 Å². The van der Waals surface area contributed by atoms with Crippen molar-refractivity contribution < 1.29 is 14.3 Å². The molecule has 5 heteroatoms. The molecule has 1 amide bonds.